The van der Waals surface area contributed by atoms with Crippen LogP contribution in [0, 0.1) is 11.8 Å². The van der Waals surface area contributed by atoms with E-state index in [9.17, 15) is 4.79 Å². The summed E-state index contributed by atoms with van der Waals surface area (Å²) in [5.41, 5.74) is 3.32. The summed E-state index contributed by atoms with van der Waals surface area (Å²) >= 11 is 0. The number of carbonyl (C=O) groups excluding carboxylic acids is 1. The molecule has 4 heteroatoms. The van der Waals surface area contributed by atoms with Gasteiger partial charge in [0.2, 0.25) is 0 Å². The minimum absolute atomic E-state index is 0.196. The maximum absolute atomic E-state index is 12.1. The van der Waals surface area contributed by atoms with Crippen LogP contribution < -0.4 is 0 Å². The number of esters is 1. The Hall–Kier alpha value is -2.10. The van der Waals surface area contributed by atoms with Crippen molar-refractivity contribution in [2.45, 2.75) is 38.1 Å². The zero-order valence-corrected chi connectivity index (χ0v) is 13.4. The van der Waals surface area contributed by atoms with Gasteiger partial charge in [-0.15, -0.1) is 0 Å². The lowest BCUT2D eigenvalue weighted by Crippen LogP contribution is -2.36. The number of aromatic nitrogens is 2. The molecule has 0 bridgehead atoms. The Bertz CT molecular complexity index is 722. The van der Waals surface area contributed by atoms with Gasteiger partial charge in [-0.05, 0) is 42.2 Å². The summed E-state index contributed by atoms with van der Waals surface area (Å²) in [6.45, 7) is 0. The van der Waals surface area contributed by atoms with Crippen LogP contribution in [0.15, 0.2) is 36.8 Å². The molecule has 2 aliphatic carbocycles. The van der Waals surface area contributed by atoms with Gasteiger partial charge in [-0.2, -0.15) is 0 Å². The van der Waals surface area contributed by atoms with E-state index < -0.39 is 0 Å². The molecule has 3 atom stereocenters. The number of fused-ring (bicyclic) bond motifs is 2. The van der Waals surface area contributed by atoms with Gasteiger partial charge in [0, 0.05) is 0 Å². The van der Waals surface area contributed by atoms with E-state index in [1.807, 2.05) is 4.57 Å². The second-order valence-corrected chi connectivity index (χ2v) is 6.73. The summed E-state index contributed by atoms with van der Waals surface area (Å²) in [7, 11) is 1.43. The molecule has 1 saturated carbocycles. The summed E-state index contributed by atoms with van der Waals surface area (Å²) in [6.07, 6.45) is 9.71. The van der Waals surface area contributed by atoms with Crippen molar-refractivity contribution in [3.63, 3.8) is 0 Å². The highest BCUT2D eigenvalue weighted by Crippen LogP contribution is 2.47. The maximum atomic E-state index is 12.1. The molecule has 23 heavy (non-hydrogen) atoms. The molecule has 0 spiro atoms. The van der Waals surface area contributed by atoms with Crippen LogP contribution in [0.4, 0.5) is 0 Å². The first-order valence-corrected chi connectivity index (χ1v) is 8.47. The van der Waals surface area contributed by atoms with Crippen LogP contribution in [0.25, 0.3) is 0 Å². The van der Waals surface area contributed by atoms with Gasteiger partial charge >= 0.3 is 5.97 Å². The first-order valence-electron chi connectivity index (χ1n) is 8.47. The van der Waals surface area contributed by atoms with Gasteiger partial charge < -0.3 is 9.30 Å². The zero-order chi connectivity index (χ0) is 15.8. The molecule has 0 radical (unpaired) electrons. The summed E-state index contributed by atoms with van der Waals surface area (Å²) in [4.78, 5) is 16.4. The highest BCUT2D eigenvalue weighted by atomic mass is 16.5. The first-order chi connectivity index (χ1) is 11.3. The average Bonchev–Trinajstić information content (AvgIpc) is 3.08. The predicted octanol–water partition coefficient (Wildman–Crippen LogP) is 3.62. The van der Waals surface area contributed by atoms with Crippen molar-refractivity contribution >= 4 is 5.97 Å². The Kier molecular flexibility index (Phi) is 3.68. The number of imidazole rings is 1. The van der Waals surface area contributed by atoms with Crippen molar-refractivity contribution in [2.24, 2.45) is 11.8 Å². The molecule has 4 nitrogen and oxygen atoms in total. The highest BCUT2D eigenvalue weighted by molar-refractivity contribution is 5.87. The molecule has 1 heterocycles. The van der Waals surface area contributed by atoms with Crippen LogP contribution in [-0.4, -0.2) is 22.6 Å². The number of nitrogens with zero attached hydrogens (tertiary/aromatic N) is 2. The second-order valence-electron chi connectivity index (χ2n) is 6.73. The van der Waals surface area contributed by atoms with Crippen LogP contribution in [0.3, 0.4) is 0 Å². The van der Waals surface area contributed by atoms with Gasteiger partial charge in [0.25, 0.3) is 0 Å². The van der Waals surface area contributed by atoms with Gasteiger partial charge in [-0.1, -0.05) is 37.1 Å². The molecule has 0 amide bonds. The van der Waals surface area contributed by atoms with Gasteiger partial charge in [0.1, 0.15) is 5.69 Å². The largest absolute Gasteiger partial charge is 0.464 e. The number of hydrogen-bond donors (Lipinski definition) is 0. The van der Waals surface area contributed by atoms with Crippen LogP contribution >= 0.6 is 0 Å². The van der Waals surface area contributed by atoms with E-state index >= 15 is 0 Å². The van der Waals surface area contributed by atoms with E-state index in [-0.39, 0.29) is 12.0 Å². The number of ether oxygens (including phenoxy) is 1. The second kappa shape index (κ2) is 5.84. The van der Waals surface area contributed by atoms with Crippen molar-refractivity contribution in [2.75, 3.05) is 7.11 Å². The topological polar surface area (TPSA) is 44.1 Å². The van der Waals surface area contributed by atoms with E-state index in [4.69, 9.17) is 4.74 Å². The molecule has 1 aromatic heterocycles. The molecular formula is C19H22N2O2. The highest BCUT2D eigenvalue weighted by Gasteiger charge is 2.39. The van der Waals surface area contributed by atoms with Crippen LogP contribution in [-0.2, 0) is 11.2 Å². The zero-order valence-electron chi connectivity index (χ0n) is 13.4. The molecule has 0 aliphatic heterocycles. The normalized spacial score (nSPS) is 26.2. The van der Waals surface area contributed by atoms with Crippen molar-refractivity contribution in [3.8, 4) is 0 Å². The van der Waals surface area contributed by atoms with Crippen molar-refractivity contribution in [3.05, 3.63) is 53.6 Å². The van der Waals surface area contributed by atoms with E-state index in [1.165, 1.54) is 50.3 Å². The molecule has 2 aliphatic rings. The van der Waals surface area contributed by atoms with Crippen molar-refractivity contribution in [1.29, 1.82) is 0 Å². The maximum Gasteiger partial charge on any atom is 0.356 e. The van der Waals surface area contributed by atoms with Gasteiger partial charge in [0.05, 0.1) is 25.7 Å². The molecule has 2 aromatic rings. The van der Waals surface area contributed by atoms with E-state index in [0.717, 1.165) is 0 Å². The number of hydrogen-bond acceptors (Lipinski definition) is 3. The lowest BCUT2D eigenvalue weighted by atomic mass is 9.66. The quantitative estimate of drug-likeness (QED) is 0.796. The molecule has 120 valence electrons. The Morgan fingerprint density at radius 3 is 2.96 bits per heavy atom. The average molecular weight is 310 g/mol. The molecule has 4 rings (SSSR count). The number of benzene rings is 1. The lowest BCUT2D eigenvalue weighted by molar-refractivity contribution is 0.0580. The Labute approximate surface area is 136 Å². The van der Waals surface area contributed by atoms with Crippen molar-refractivity contribution < 1.29 is 9.53 Å². The number of rotatable bonds is 2. The molecular weight excluding hydrogens is 288 g/mol. The van der Waals surface area contributed by atoms with Crippen molar-refractivity contribution in [1.82, 2.24) is 9.55 Å². The lowest BCUT2D eigenvalue weighted by Gasteiger charge is -2.43. The standard InChI is InChI=1S/C19H22N2O2/c1-23-19(22)17-11-20-12-21(17)18-15-8-4-2-6-13(15)10-14-7-3-5-9-16(14)18/h2,4,6,8,11-12,14,16,18H,3,5,7,9-10H2,1H3. The fourth-order valence-corrected chi connectivity index (χ4v) is 4.57. The minimum atomic E-state index is -0.307. The summed E-state index contributed by atoms with van der Waals surface area (Å²) < 4.78 is 7.00. The summed E-state index contributed by atoms with van der Waals surface area (Å²) in [6, 6.07) is 8.87. The van der Waals surface area contributed by atoms with E-state index in [2.05, 4.69) is 29.2 Å². The van der Waals surface area contributed by atoms with Crippen LogP contribution in [0.2, 0.25) is 0 Å². The van der Waals surface area contributed by atoms with Crippen LogP contribution in [0.5, 0.6) is 0 Å². The smallest absolute Gasteiger partial charge is 0.356 e. The third kappa shape index (κ3) is 2.37. The fraction of sp³-hybridized carbons (Fsp3) is 0.474. The first kappa shape index (κ1) is 14.5. The molecule has 1 fully saturated rings. The molecule has 3 unspecified atom stereocenters. The number of methoxy groups -OCH3 is 1. The molecule has 0 saturated heterocycles. The van der Waals surface area contributed by atoms with E-state index in [0.29, 0.717) is 17.5 Å². The van der Waals surface area contributed by atoms with E-state index in [1.54, 1.807) is 12.5 Å². The molecule has 1 aromatic carbocycles. The van der Waals surface area contributed by atoms with Gasteiger partial charge in [-0.3, -0.25) is 0 Å². The Balaban J connectivity index is 1.84. The molecule has 0 N–H and O–H groups in total. The monoisotopic (exact) mass is 310 g/mol. The summed E-state index contributed by atoms with van der Waals surface area (Å²) in [5, 5.41) is 0. The third-order valence-electron chi connectivity index (χ3n) is 5.59. The fourth-order valence-electron chi connectivity index (χ4n) is 4.57. The predicted molar refractivity (Wildman–Crippen MR) is 87.3 cm³/mol. The SMILES string of the molecule is COC(=O)c1cncn1C1c2ccccc2CC2CCCCC21. The Morgan fingerprint density at radius 1 is 1.26 bits per heavy atom. The minimum Gasteiger partial charge on any atom is -0.464 e. The van der Waals surface area contributed by atoms with Gasteiger partial charge in [-0.25, -0.2) is 9.78 Å². The Morgan fingerprint density at radius 2 is 2.09 bits per heavy atom. The van der Waals surface area contributed by atoms with Crippen LogP contribution in [0.1, 0.15) is 53.3 Å². The number of carbonyl (C=O) groups is 1. The van der Waals surface area contributed by atoms with Gasteiger partial charge in [0.15, 0.2) is 0 Å². The summed E-state index contributed by atoms with van der Waals surface area (Å²) in [5.74, 6) is 0.978. The third-order valence-corrected chi connectivity index (χ3v) is 5.59.